The fraction of sp³-hybridized carbons (Fsp3) is 0.323. The first kappa shape index (κ1) is 33.4. The Balaban J connectivity index is 1.81. The minimum absolute atomic E-state index is 0.206. The van der Waals surface area contributed by atoms with E-state index in [-0.39, 0.29) is 17.3 Å². The van der Waals surface area contributed by atoms with Crippen LogP contribution >= 0.6 is 37.9 Å². The van der Waals surface area contributed by atoms with Gasteiger partial charge >= 0.3 is 266 Å². The molecule has 3 rings (SSSR count). The van der Waals surface area contributed by atoms with Crippen LogP contribution in [0.2, 0.25) is 4.94 Å². The Labute approximate surface area is 264 Å². The first-order chi connectivity index (χ1) is 19.8. The zero-order chi connectivity index (χ0) is 29.7. The summed E-state index contributed by atoms with van der Waals surface area (Å²) in [4.78, 5) is 41.6. The van der Waals surface area contributed by atoms with Gasteiger partial charge in [0.05, 0.1) is 0 Å². The Bertz CT molecular complexity index is 1090. The molecular weight excluding hydrogens is 683 g/mol. The summed E-state index contributed by atoms with van der Waals surface area (Å²) in [7, 11) is 0. The molecule has 0 heterocycles. The number of rotatable bonds is 15. The van der Waals surface area contributed by atoms with Crippen molar-refractivity contribution in [3.63, 3.8) is 0 Å². The normalized spacial score (nSPS) is 14.6. The maximum absolute atomic E-state index is 13.4. The van der Waals surface area contributed by atoms with Crippen LogP contribution in [0.25, 0.3) is 0 Å². The van der Waals surface area contributed by atoms with Gasteiger partial charge in [-0.1, -0.05) is 0 Å². The van der Waals surface area contributed by atoms with Crippen molar-refractivity contribution in [2.24, 2.45) is 17.8 Å². The molecule has 6 nitrogen and oxygen atoms in total. The second-order valence-corrected chi connectivity index (χ2v) is 17.6. The molecule has 3 atom stereocenters. The molecule has 0 aliphatic heterocycles. The number of benzene rings is 3. The summed E-state index contributed by atoms with van der Waals surface area (Å²) in [5, 5.41) is 0. The van der Waals surface area contributed by atoms with E-state index in [9.17, 15) is 14.4 Å². The quantitative estimate of drug-likeness (QED) is 0.141. The Morgan fingerprint density at radius 1 is 0.537 bits per heavy atom. The Morgan fingerprint density at radius 3 is 1.00 bits per heavy atom. The van der Waals surface area contributed by atoms with Crippen molar-refractivity contribution in [2.45, 2.75) is 24.2 Å². The van der Waals surface area contributed by atoms with Gasteiger partial charge in [0, 0.05) is 0 Å². The van der Waals surface area contributed by atoms with Crippen LogP contribution in [0, 0.1) is 17.8 Å². The predicted octanol–water partition coefficient (Wildman–Crippen LogP) is 5.55. The maximum atomic E-state index is 13.4. The third-order valence-corrected chi connectivity index (χ3v) is 12.7. The summed E-state index contributed by atoms with van der Waals surface area (Å²) >= 11 is 7.97. The Kier molecular flexibility index (Phi) is 14.0. The summed E-state index contributed by atoms with van der Waals surface area (Å²) in [5.74, 6) is -3.08. The molecular formula is C31H36O6S3Sn. The van der Waals surface area contributed by atoms with Crippen LogP contribution in [0.4, 0.5) is 0 Å². The molecule has 0 spiro atoms. The average Bonchev–Trinajstić information content (AvgIpc) is 2.98. The van der Waals surface area contributed by atoms with Gasteiger partial charge in [0.2, 0.25) is 0 Å². The zero-order valence-electron chi connectivity index (χ0n) is 22.9. The van der Waals surface area contributed by atoms with Gasteiger partial charge in [-0.3, -0.25) is 0 Å². The van der Waals surface area contributed by atoms with E-state index in [1.807, 2.05) is 91.0 Å². The van der Waals surface area contributed by atoms with Gasteiger partial charge < -0.3 is 0 Å². The molecule has 0 fully saturated rings. The summed E-state index contributed by atoms with van der Waals surface area (Å²) in [6.45, 7) is 0. The number of hydrogen-bond acceptors (Lipinski definition) is 9. The molecule has 0 aromatic heterocycles. The molecule has 3 aromatic rings. The molecule has 0 saturated heterocycles. The molecule has 0 saturated carbocycles. The third-order valence-electron chi connectivity index (χ3n) is 6.49. The minimum atomic E-state index is -5.14. The molecule has 10 heteroatoms. The van der Waals surface area contributed by atoms with E-state index in [0.29, 0.717) is 19.3 Å². The van der Waals surface area contributed by atoms with E-state index in [1.165, 1.54) is 4.94 Å². The molecule has 3 unspecified atom stereocenters. The SMILES string of the molecule is [CH3][Sn]([O]C(=O)C(CS)Cc1ccccc1)([O]C(=O)C(CS)Cc1ccccc1)[O]C(=O)C(CS)Cc1ccccc1. The fourth-order valence-corrected chi connectivity index (χ4v) is 9.97. The first-order valence-electron chi connectivity index (χ1n) is 13.4. The monoisotopic (exact) mass is 720 g/mol. The number of hydrogen-bond donors (Lipinski definition) is 3. The van der Waals surface area contributed by atoms with Crippen LogP contribution in [0.1, 0.15) is 16.7 Å². The van der Waals surface area contributed by atoms with Crippen molar-refractivity contribution in [1.82, 2.24) is 0 Å². The van der Waals surface area contributed by atoms with Crippen LogP contribution in [-0.4, -0.2) is 54.8 Å². The van der Waals surface area contributed by atoms with E-state index in [2.05, 4.69) is 37.9 Å². The molecule has 0 amide bonds. The van der Waals surface area contributed by atoms with Crippen molar-refractivity contribution in [1.29, 1.82) is 0 Å². The van der Waals surface area contributed by atoms with E-state index in [4.69, 9.17) is 9.22 Å². The molecule has 0 bridgehead atoms. The fourth-order valence-electron chi connectivity index (χ4n) is 4.22. The van der Waals surface area contributed by atoms with E-state index in [1.54, 1.807) is 0 Å². The van der Waals surface area contributed by atoms with E-state index in [0.717, 1.165) is 16.7 Å². The van der Waals surface area contributed by atoms with Crippen molar-refractivity contribution < 1.29 is 23.6 Å². The third kappa shape index (κ3) is 10.9. The number of thiol groups is 3. The van der Waals surface area contributed by atoms with Gasteiger partial charge in [0.15, 0.2) is 0 Å². The van der Waals surface area contributed by atoms with Crippen molar-refractivity contribution >= 4 is 75.4 Å². The predicted molar refractivity (Wildman–Crippen MR) is 172 cm³/mol. The molecule has 0 N–H and O–H groups in total. The van der Waals surface area contributed by atoms with Gasteiger partial charge in [-0.25, -0.2) is 0 Å². The average molecular weight is 720 g/mol. The van der Waals surface area contributed by atoms with Crippen LogP contribution in [-0.2, 0) is 42.9 Å². The topological polar surface area (TPSA) is 78.9 Å². The van der Waals surface area contributed by atoms with E-state index >= 15 is 0 Å². The van der Waals surface area contributed by atoms with Crippen molar-refractivity contribution in [3.05, 3.63) is 108 Å². The van der Waals surface area contributed by atoms with Gasteiger partial charge in [-0.2, -0.15) is 0 Å². The second kappa shape index (κ2) is 17.1. The van der Waals surface area contributed by atoms with Gasteiger partial charge in [-0.05, 0) is 0 Å². The van der Waals surface area contributed by atoms with Crippen LogP contribution in [0.5, 0.6) is 0 Å². The standard InChI is InChI=1S/3C10H12O2S.CH3.Sn/c3*11-10(12)9(7-13)6-8-4-2-1-3-5-8;;/h3*1-5,9,13H,6-7H2,(H,11,12);1H3;/q;;;;+3/p-3. The molecule has 41 heavy (non-hydrogen) atoms. The summed E-state index contributed by atoms with van der Waals surface area (Å²) in [5.41, 5.74) is 2.81. The van der Waals surface area contributed by atoms with Gasteiger partial charge in [0.25, 0.3) is 0 Å². The van der Waals surface area contributed by atoms with Gasteiger partial charge in [-0.15, -0.1) is 0 Å². The van der Waals surface area contributed by atoms with E-state index < -0.39 is 55.3 Å². The van der Waals surface area contributed by atoms with Crippen LogP contribution in [0.15, 0.2) is 91.0 Å². The number of carbonyl (C=O) groups excluding carboxylic acids is 3. The van der Waals surface area contributed by atoms with Crippen molar-refractivity contribution in [3.8, 4) is 0 Å². The molecule has 3 aromatic carbocycles. The molecule has 218 valence electrons. The molecule has 0 aliphatic rings. The Morgan fingerprint density at radius 2 is 0.780 bits per heavy atom. The molecule has 0 radical (unpaired) electrons. The summed E-state index contributed by atoms with van der Waals surface area (Å²) in [6, 6.07) is 28.5. The second-order valence-electron chi connectivity index (χ2n) is 9.83. The Hall–Kier alpha value is -2.08. The molecule has 0 aliphatic carbocycles. The zero-order valence-corrected chi connectivity index (χ0v) is 28.5. The first-order valence-corrected chi connectivity index (χ1v) is 21.6. The van der Waals surface area contributed by atoms with Crippen LogP contribution < -0.4 is 0 Å². The van der Waals surface area contributed by atoms with Crippen LogP contribution in [0.3, 0.4) is 0 Å². The number of carbonyl (C=O) groups is 3. The summed E-state index contributed by atoms with van der Waals surface area (Å²) in [6.07, 6.45) is 1.15. The van der Waals surface area contributed by atoms with Crippen molar-refractivity contribution in [2.75, 3.05) is 17.3 Å². The van der Waals surface area contributed by atoms with Gasteiger partial charge in [0.1, 0.15) is 0 Å². The summed E-state index contributed by atoms with van der Waals surface area (Å²) < 4.78 is 17.6.